The zero-order valence-electron chi connectivity index (χ0n) is 10.6. The van der Waals surface area contributed by atoms with Gasteiger partial charge in [0.25, 0.3) is 0 Å². The topological polar surface area (TPSA) is 30.5 Å². The van der Waals surface area contributed by atoms with Gasteiger partial charge in [-0.25, -0.2) is 0 Å². The largest absolute Gasteiger partial charge is 0.378 e. The summed E-state index contributed by atoms with van der Waals surface area (Å²) in [7, 11) is 2.06. The van der Waals surface area contributed by atoms with E-state index in [2.05, 4.69) is 19.3 Å². The van der Waals surface area contributed by atoms with Gasteiger partial charge in [0.05, 0.1) is 11.7 Å². The molecule has 0 radical (unpaired) electrons. The van der Waals surface area contributed by atoms with Crippen LogP contribution in [0.1, 0.15) is 45.4 Å². The summed E-state index contributed by atoms with van der Waals surface area (Å²) in [6.07, 6.45) is 7.29. The molecule has 2 aliphatic heterocycles. The predicted octanol–water partition coefficient (Wildman–Crippen LogP) is 2.10. The van der Waals surface area contributed by atoms with Crippen molar-refractivity contribution in [1.29, 1.82) is 0 Å². The van der Waals surface area contributed by atoms with E-state index in [1.54, 1.807) is 0 Å². The molecule has 3 atom stereocenters. The molecule has 1 spiro atoms. The van der Waals surface area contributed by atoms with E-state index in [0.717, 1.165) is 38.9 Å². The zero-order valence-corrected chi connectivity index (χ0v) is 10.6. The lowest BCUT2D eigenvalue weighted by molar-refractivity contribution is -0.163. The zero-order chi connectivity index (χ0) is 11.4. The summed E-state index contributed by atoms with van der Waals surface area (Å²) in [6.45, 7) is 4.01. The highest BCUT2D eigenvalue weighted by Crippen LogP contribution is 2.37. The molecule has 1 N–H and O–H groups in total. The first-order valence-corrected chi connectivity index (χ1v) is 6.71. The molecule has 3 heteroatoms. The van der Waals surface area contributed by atoms with Crippen LogP contribution in [0.25, 0.3) is 0 Å². The van der Waals surface area contributed by atoms with E-state index >= 15 is 0 Å². The Kier molecular flexibility index (Phi) is 4.22. The van der Waals surface area contributed by atoms with Gasteiger partial charge >= 0.3 is 0 Å². The first-order chi connectivity index (χ1) is 7.78. The highest BCUT2D eigenvalue weighted by molar-refractivity contribution is 4.93. The summed E-state index contributed by atoms with van der Waals surface area (Å²) in [5, 5.41) is 3.40. The van der Waals surface area contributed by atoms with E-state index in [9.17, 15) is 0 Å². The highest BCUT2D eigenvalue weighted by Gasteiger charge is 2.41. The van der Waals surface area contributed by atoms with Crippen LogP contribution in [-0.4, -0.2) is 38.0 Å². The Bertz CT molecular complexity index is 216. The van der Waals surface area contributed by atoms with Crippen LogP contribution in [-0.2, 0) is 9.47 Å². The third-order valence-electron chi connectivity index (χ3n) is 4.02. The molecule has 2 aliphatic rings. The summed E-state index contributed by atoms with van der Waals surface area (Å²) in [5.74, 6) is 0. The number of nitrogens with one attached hydrogen (secondary N) is 1. The molecule has 0 amide bonds. The SMILES string of the molecule is CCCC1CC2(CCO1)CC(NC)CCO2. The Morgan fingerprint density at radius 1 is 1.31 bits per heavy atom. The second kappa shape index (κ2) is 5.48. The minimum Gasteiger partial charge on any atom is -0.378 e. The van der Waals surface area contributed by atoms with Crippen molar-refractivity contribution in [2.75, 3.05) is 20.3 Å². The van der Waals surface area contributed by atoms with Crippen LogP contribution in [0.2, 0.25) is 0 Å². The molecular formula is C13H25NO2. The smallest absolute Gasteiger partial charge is 0.0743 e. The van der Waals surface area contributed by atoms with Crippen LogP contribution in [0.3, 0.4) is 0 Å². The average Bonchev–Trinajstić information content (AvgIpc) is 2.29. The Morgan fingerprint density at radius 3 is 2.94 bits per heavy atom. The van der Waals surface area contributed by atoms with E-state index in [0.29, 0.717) is 12.1 Å². The molecule has 3 nitrogen and oxygen atoms in total. The second-order valence-electron chi connectivity index (χ2n) is 5.25. The molecule has 2 saturated heterocycles. The minimum atomic E-state index is 0.115. The molecule has 2 rings (SSSR count). The van der Waals surface area contributed by atoms with Crippen LogP contribution in [0.5, 0.6) is 0 Å². The van der Waals surface area contributed by atoms with E-state index in [1.807, 2.05) is 0 Å². The molecule has 0 aromatic heterocycles. The molecule has 0 aromatic rings. The van der Waals surface area contributed by atoms with E-state index in [1.165, 1.54) is 12.8 Å². The molecule has 2 heterocycles. The standard InChI is InChI=1S/C13H25NO2/c1-3-4-12-10-13(6-8-15-12)9-11(14-2)5-7-16-13/h11-12,14H,3-10H2,1-2H3. The van der Waals surface area contributed by atoms with Gasteiger partial charge in [0.15, 0.2) is 0 Å². The summed E-state index contributed by atoms with van der Waals surface area (Å²) in [5.41, 5.74) is 0.115. The van der Waals surface area contributed by atoms with Gasteiger partial charge in [0.1, 0.15) is 0 Å². The number of ether oxygens (including phenoxy) is 2. The van der Waals surface area contributed by atoms with Crippen molar-refractivity contribution in [2.45, 2.75) is 63.2 Å². The van der Waals surface area contributed by atoms with Gasteiger partial charge in [0, 0.05) is 25.7 Å². The minimum absolute atomic E-state index is 0.115. The van der Waals surface area contributed by atoms with Crippen molar-refractivity contribution in [3.8, 4) is 0 Å². The Morgan fingerprint density at radius 2 is 2.19 bits per heavy atom. The number of hydrogen-bond acceptors (Lipinski definition) is 3. The first kappa shape index (κ1) is 12.3. The van der Waals surface area contributed by atoms with Crippen molar-refractivity contribution < 1.29 is 9.47 Å². The normalized spacial score (nSPS) is 40.1. The van der Waals surface area contributed by atoms with Gasteiger partial charge in [-0.3, -0.25) is 0 Å². The molecule has 3 unspecified atom stereocenters. The van der Waals surface area contributed by atoms with Crippen molar-refractivity contribution in [3.05, 3.63) is 0 Å². The number of rotatable bonds is 3. The predicted molar refractivity (Wildman–Crippen MR) is 64.6 cm³/mol. The third kappa shape index (κ3) is 2.76. The van der Waals surface area contributed by atoms with E-state index in [4.69, 9.17) is 9.47 Å². The van der Waals surface area contributed by atoms with Crippen LogP contribution in [0.15, 0.2) is 0 Å². The maximum Gasteiger partial charge on any atom is 0.0743 e. The quantitative estimate of drug-likeness (QED) is 0.801. The van der Waals surface area contributed by atoms with Crippen LogP contribution in [0, 0.1) is 0 Å². The van der Waals surface area contributed by atoms with Gasteiger partial charge in [0.2, 0.25) is 0 Å². The monoisotopic (exact) mass is 227 g/mol. The fourth-order valence-corrected chi connectivity index (χ4v) is 3.09. The van der Waals surface area contributed by atoms with Gasteiger partial charge in [-0.15, -0.1) is 0 Å². The van der Waals surface area contributed by atoms with Crippen molar-refractivity contribution >= 4 is 0 Å². The van der Waals surface area contributed by atoms with Crippen LogP contribution >= 0.6 is 0 Å². The fraction of sp³-hybridized carbons (Fsp3) is 1.00. The second-order valence-corrected chi connectivity index (χ2v) is 5.25. The van der Waals surface area contributed by atoms with Gasteiger partial charge < -0.3 is 14.8 Å². The third-order valence-corrected chi connectivity index (χ3v) is 4.02. The molecule has 2 fully saturated rings. The molecule has 0 saturated carbocycles. The summed E-state index contributed by atoms with van der Waals surface area (Å²) >= 11 is 0. The fourth-order valence-electron chi connectivity index (χ4n) is 3.09. The highest BCUT2D eigenvalue weighted by atomic mass is 16.5. The summed E-state index contributed by atoms with van der Waals surface area (Å²) in [6, 6.07) is 0.633. The van der Waals surface area contributed by atoms with Gasteiger partial charge in [-0.2, -0.15) is 0 Å². The Labute approximate surface area is 98.9 Å². The summed E-state index contributed by atoms with van der Waals surface area (Å²) in [4.78, 5) is 0. The average molecular weight is 227 g/mol. The van der Waals surface area contributed by atoms with E-state index in [-0.39, 0.29) is 5.60 Å². The summed E-state index contributed by atoms with van der Waals surface area (Å²) < 4.78 is 11.9. The first-order valence-electron chi connectivity index (χ1n) is 6.71. The maximum atomic E-state index is 6.10. The Balaban J connectivity index is 1.94. The molecular weight excluding hydrogens is 202 g/mol. The van der Waals surface area contributed by atoms with Gasteiger partial charge in [-0.05, 0) is 32.7 Å². The maximum absolute atomic E-state index is 6.10. The van der Waals surface area contributed by atoms with E-state index < -0.39 is 0 Å². The van der Waals surface area contributed by atoms with Crippen molar-refractivity contribution in [3.63, 3.8) is 0 Å². The Hall–Kier alpha value is -0.120. The lowest BCUT2D eigenvalue weighted by Gasteiger charge is -2.45. The number of hydrogen-bond donors (Lipinski definition) is 1. The van der Waals surface area contributed by atoms with Gasteiger partial charge in [-0.1, -0.05) is 13.3 Å². The van der Waals surface area contributed by atoms with Crippen LogP contribution < -0.4 is 5.32 Å². The molecule has 0 aliphatic carbocycles. The molecule has 16 heavy (non-hydrogen) atoms. The van der Waals surface area contributed by atoms with Crippen molar-refractivity contribution in [2.24, 2.45) is 0 Å². The molecule has 0 bridgehead atoms. The lowest BCUT2D eigenvalue weighted by Crippen LogP contribution is -2.51. The van der Waals surface area contributed by atoms with Crippen LogP contribution in [0.4, 0.5) is 0 Å². The van der Waals surface area contributed by atoms with Crippen molar-refractivity contribution in [1.82, 2.24) is 5.32 Å². The molecule has 94 valence electrons. The molecule has 0 aromatic carbocycles. The lowest BCUT2D eigenvalue weighted by atomic mass is 9.81.